The molecule has 2 aliphatic rings. The van der Waals surface area contributed by atoms with E-state index >= 15 is 0 Å². The first kappa shape index (κ1) is 19.9. The molecule has 1 aliphatic heterocycles. The number of ketones is 1. The van der Waals surface area contributed by atoms with Gasteiger partial charge in [0.1, 0.15) is 5.75 Å². The summed E-state index contributed by atoms with van der Waals surface area (Å²) in [7, 11) is 2.92. The zero-order valence-electron chi connectivity index (χ0n) is 15.9. The molecule has 0 amide bonds. The van der Waals surface area contributed by atoms with Crippen LogP contribution in [-0.2, 0) is 9.53 Å². The molecular weight excluding hydrogens is 502 g/mol. The van der Waals surface area contributed by atoms with Gasteiger partial charge in [-0.15, -0.1) is 0 Å². The highest BCUT2D eigenvalue weighted by Gasteiger charge is 2.43. The van der Waals surface area contributed by atoms with Gasteiger partial charge in [0.05, 0.1) is 34.4 Å². The van der Waals surface area contributed by atoms with Crippen LogP contribution in [0.1, 0.15) is 34.3 Å². The average Bonchev–Trinajstić information content (AvgIpc) is 2.98. The van der Waals surface area contributed by atoms with E-state index in [0.717, 1.165) is 25.8 Å². The molecule has 0 bridgehead atoms. The number of methoxy groups -OCH3 is 2. The molecule has 1 N–H and O–H groups in total. The van der Waals surface area contributed by atoms with Crippen LogP contribution in [-0.4, -0.2) is 26.0 Å². The standard InChI is InChI=1S/C22H17Br2NO4/c1-10-16(22(27)29-3)17(11-8-14(23)21(28-2)15(24)9-11)18-19(25-10)12-6-4-5-7-13(12)20(18)26/h4-9,17,25H,1-3H3/t17-/m0/s1. The van der Waals surface area contributed by atoms with Crippen molar-refractivity contribution in [2.75, 3.05) is 14.2 Å². The molecule has 4 rings (SSSR count). The number of Topliss-reactive ketones (excluding diaryl/α,β-unsaturated/α-hetero) is 1. The van der Waals surface area contributed by atoms with Gasteiger partial charge in [-0.1, -0.05) is 24.3 Å². The Morgan fingerprint density at radius 1 is 1.07 bits per heavy atom. The molecule has 2 aromatic carbocycles. The lowest BCUT2D eigenvalue weighted by molar-refractivity contribution is -0.136. The van der Waals surface area contributed by atoms with Gasteiger partial charge >= 0.3 is 5.97 Å². The monoisotopic (exact) mass is 517 g/mol. The molecule has 0 spiro atoms. The quantitative estimate of drug-likeness (QED) is 0.582. The van der Waals surface area contributed by atoms with E-state index in [2.05, 4.69) is 37.2 Å². The average molecular weight is 519 g/mol. The van der Waals surface area contributed by atoms with E-state index < -0.39 is 11.9 Å². The molecule has 0 saturated heterocycles. The van der Waals surface area contributed by atoms with E-state index in [9.17, 15) is 9.59 Å². The summed E-state index contributed by atoms with van der Waals surface area (Å²) in [5.74, 6) is -0.501. The van der Waals surface area contributed by atoms with Crippen LogP contribution in [0.2, 0.25) is 0 Å². The number of halogens is 2. The Hall–Kier alpha value is -2.38. The van der Waals surface area contributed by atoms with E-state index in [-0.39, 0.29) is 5.78 Å². The molecule has 5 nitrogen and oxygen atoms in total. The number of hydrogen-bond donors (Lipinski definition) is 1. The van der Waals surface area contributed by atoms with Crippen molar-refractivity contribution in [2.45, 2.75) is 12.8 Å². The first-order valence-corrected chi connectivity index (χ1v) is 10.4. The Labute approximate surface area is 185 Å². The topological polar surface area (TPSA) is 64.6 Å². The van der Waals surface area contributed by atoms with Crippen molar-refractivity contribution >= 4 is 49.3 Å². The molecular formula is C22H17Br2NO4. The molecule has 0 radical (unpaired) electrons. The zero-order chi connectivity index (χ0) is 20.9. The first-order chi connectivity index (χ1) is 13.9. The van der Waals surface area contributed by atoms with Crippen molar-refractivity contribution in [3.8, 4) is 5.75 Å². The van der Waals surface area contributed by atoms with E-state index in [1.54, 1.807) is 7.11 Å². The molecule has 148 valence electrons. The van der Waals surface area contributed by atoms with E-state index in [0.29, 0.717) is 28.2 Å². The molecule has 1 aliphatic carbocycles. The van der Waals surface area contributed by atoms with Crippen LogP contribution in [0.3, 0.4) is 0 Å². The fourth-order valence-corrected chi connectivity index (χ4v) is 5.53. The Balaban J connectivity index is 1.98. The third-order valence-corrected chi connectivity index (χ3v) is 6.39. The number of hydrogen-bond acceptors (Lipinski definition) is 5. The Morgan fingerprint density at radius 2 is 1.69 bits per heavy atom. The van der Waals surface area contributed by atoms with Crippen LogP contribution >= 0.6 is 31.9 Å². The number of allylic oxidation sites excluding steroid dienone is 2. The minimum absolute atomic E-state index is 0.0925. The number of dihydropyridines is 1. The summed E-state index contributed by atoms with van der Waals surface area (Å²) in [6.45, 7) is 1.82. The minimum Gasteiger partial charge on any atom is -0.494 e. The lowest BCUT2D eigenvalue weighted by Crippen LogP contribution is -2.29. The van der Waals surface area contributed by atoms with Gasteiger partial charge in [0.2, 0.25) is 0 Å². The SMILES string of the molecule is COC(=O)C1=C(C)NC2=C(C(=O)c3ccccc32)[C@H]1c1cc(Br)c(OC)c(Br)c1. The van der Waals surface area contributed by atoms with Crippen molar-refractivity contribution in [3.05, 3.63) is 78.9 Å². The molecule has 0 unspecified atom stereocenters. The van der Waals surface area contributed by atoms with Crippen LogP contribution in [0.25, 0.3) is 5.70 Å². The second kappa shape index (κ2) is 7.46. The summed E-state index contributed by atoms with van der Waals surface area (Å²) >= 11 is 7.05. The maximum absolute atomic E-state index is 13.4. The van der Waals surface area contributed by atoms with Gasteiger partial charge in [-0.25, -0.2) is 4.79 Å². The van der Waals surface area contributed by atoms with Gasteiger partial charge in [-0.2, -0.15) is 0 Å². The number of esters is 1. The van der Waals surface area contributed by atoms with E-state index in [1.165, 1.54) is 7.11 Å². The number of ether oxygens (including phenoxy) is 2. The normalized spacial score (nSPS) is 17.7. The largest absolute Gasteiger partial charge is 0.494 e. The molecule has 0 fully saturated rings. The number of rotatable bonds is 3. The highest BCUT2D eigenvalue weighted by molar-refractivity contribution is 9.11. The van der Waals surface area contributed by atoms with Crippen molar-refractivity contribution in [1.82, 2.24) is 5.32 Å². The molecule has 0 saturated carbocycles. The van der Waals surface area contributed by atoms with Gasteiger partial charge in [0.25, 0.3) is 0 Å². The lowest BCUT2D eigenvalue weighted by atomic mass is 9.80. The van der Waals surface area contributed by atoms with Crippen LogP contribution in [0.5, 0.6) is 5.75 Å². The second-order valence-electron chi connectivity index (χ2n) is 6.77. The molecule has 2 aromatic rings. The number of benzene rings is 2. The van der Waals surface area contributed by atoms with E-state index in [1.807, 2.05) is 43.3 Å². The minimum atomic E-state index is -0.572. The molecule has 7 heteroatoms. The fourth-order valence-electron chi connectivity index (χ4n) is 3.98. The highest BCUT2D eigenvalue weighted by atomic mass is 79.9. The summed E-state index contributed by atoms with van der Waals surface area (Å²) in [6.07, 6.45) is 0. The number of carbonyl (C=O) groups is 2. The predicted molar refractivity (Wildman–Crippen MR) is 117 cm³/mol. The van der Waals surface area contributed by atoms with Gasteiger partial charge < -0.3 is 14.8 Å². The van der Waals surface area contributed by atoms with Crippen LogP contribution < -0.4 is 10.1 Å². The predicted octanol–water partition coefficient (Wildman–Crippen LogP) is 4.96. The zero-order valence-corrected chi connectivity index (χ0v) is 19.1. The second-order valence-corrected chi connectivity index (χ2v) is 8.48. The summed E-state index contributed by atoms with van der Waals surface area (Å²) in [4.78, 5) is 26.1. The summed E-state index contributed by atoms with van der Waals surface area (Å²) in [5, 5.41) is 3.27. The van der Waals surface area contributed by atoms with Crippen molar-refractivity contribution in [1.29, 1.82) is 0 Å². The smallest absolute Gasteiger partial charge is 0.336 e. The van der Waals surface area contributed by atoms with Gasteiger partial charge in [0, 0.05) is 28.3 Å². The summed E-state index contributed by atoms with van der Waals surface area (Å²) in [5.41, 5.74) is 4.60. The summed E-state index contributed by atoms with van der Waals surface area (Å²) < 4.78 is 11.9. The van der Waals surface area contributed by atoms with E-state index in [4.69, 9.17) is 9.47 Å². The maximum Gasteiger partial charge on any atom is 0.336 e. The van der Waals surface area contributed by atoms with Crippen LogP contribution in [0, 0.1) is 0 Å². The Bertz CT molecular complexity index is 1110. The molecule has 1 heterocycles. The molecule has 29 heavy (non-hydrogen) atoms. The number of nitrogens with one attached hydrogen (secondary N) is 1. The number of carbonyl (C=O) groups excluding carboxylic acids is 2. The summed E-state index contributed by atoms with van der Waals surface area (Å²) in [6, 6.07) is 11.2. The van der Waals surface area contributed by atoms with Gasteiger partial charge in [0.15, 0.2) is 5.78 Å². The lowest BCUT2D eigenvalue weighted by Gasteiger charge is -2.29. The third-order valence-electron chi connectivity index (χ3n) is 5.21. The Kier molecular flexibility index (Phi) is 5.12. The fraction of sp³-hybridized carbons (Fsp3) is 0.182. The van der Waals surface area contributed by atoms with Crippen molar-refractivity contribution in [3.63, 3.8) is 0 Å². The molecule has 1 atom stereocenters. The maximum atomic E-state index is 13.4. The van der Waals surface area contributed by atoms with Crippen LogP contribution in [0.4, 0.5) is 0 Å². The van der Waals surface area contributed by atoms with Crippen LogP contribution in [0.15, 0.2) is 62.2 Å². The van der Waals surface area contributed by atoms with Gasteiger partial charge in [-0.05, 0) is 56.5 Å². The third kappa shape index (κ3) is 3.04. The number of fused-ring (bicyclic) bond motifs is 2. The highest BCUT2D eigenvalue weighted by Crippen LogP contribution is 2.48. The van der Waals surface area contributed by atoms with Gasteiger partial charge in [-0.3, -0.25) is 4.79 Å². The van der Waals surface area contributed by atoms with Crippen molar-refractivity contribution in [2.24, 2.45) is 0 Å². The Morgan fingerprint density at radius 3 is 2.28 bits per heavy atom. The van der Waals surface area contributed by atoms with Crippen molar-refractivity contribution < 1.29 is 19.1 Å². The first-order valence-electron chi connectivity index (χ1n) is 8.86. The molecule has 0 aromatic heterocycles.